The Morgan fingerprint density at radius 2 is 1.60 bits per heavy atom. The van der Waals surface area contributed by atoms with Gasteiger partial charge in [-0.15, -0.1) is 11.3 Å². The zero-order valence-electron chi connectivity index (χ0n) is 12.3. The number of amides is 2. The van der Waals surface area contributed by atoms with Crippen molar-refractivity contribution in [2.45, 2.75) is 0 Å². The number of imide groups is 1. The van der Waals surface area contributed by atoms with E-state index in [0.717, 1.165) is 11.3 Å². The molecule has 2 heterocycles. The SMILES string of the molecule is O=C(ON1C(=O)c2ccccc2C1=O)c1cccc2c(Cl)c(Cl)sc12. The van der Waals surface area contributed by atoms with Gasteiger partial charge in [-0.1, -0.05) is 52.5 Å². The Kier molecular flexibility index (Phi) is 3.76. The lowest BCUT2D eigenvalue weighted by atomic mass is 10.1. The predicted molar refractivity (Wildman–Crippen MR) is 94.2 cm³/mol. The molecule has 0 radical (unpaired) electrons. The lowest BCUT2D eigenvalue weighted by Gasteiger charge is -2.13. The Morgan fingerprint density at radius 1 is 0.960 bits per heavy atom. The van der Waals surface area contributed by atoms with Crippen LogP contribution in [0, 0.1) is 0 Å². The molecule has 0 saturated carbocycles. The third kappa shape index (κ3) is 2.41. The fourth-order valence-corrected chi connectivity index (χ4v) is 4.19. The second-order valence-electron chi connectivity index (χ2n) is 5.20. The molecule has 2 aromatic carbocycles. The summed E-state index contributed by atoms with van der Waals surface area (Å²) in [7, 11) is 0. The molecule has 0 atom stereocenters. The first kappa shape index (κ1) is 16.1. The van der Waals surface area contributed by atoms with Crippen LogP contribution in [0.2, 0.25) is 9.36 Å². The topological polar surface area (TPSA) is 63.7 Å². The van der Waals surface area contributed by atoms with E-state index in [-0.39, 0.29) is 16.7 Å². The van der Waals surface area contributed by atoms with Gasteiger partial charge in [0.05, 0.1) is 26.4 Å². The second-order valence-corrected chi connectivity index (χ2v) is 7.20. The van der Waals surface area contributed by atoms with Crippen molar-refractivity contribution < 1.29 is 19.2 Å². The maximum Gasteiger partial charge on any atom is 0.365 e. The fraction of sp³-hybridized carbons (Fsp3) is 0. The Labute approximate surface area is 155 Å². The molecule has 0 bridgehead atoms. The van der Waals surface area contributed by atoms with Crippen LogP contribution in [0.5, 0.6) is 0 Å². The summed E-state index contributed by atoms with van der Waals surface area (Å²) < 4.78 is 0.872. The summed E-state index contributed by atoms with van der Waals surface area (Å²) in [4.78, 5) is 42.2. The van der Waals surface area contributed by atoms with E-state index in [2.05, 4.69) is 0 Å². The number of hydroxylamine groups is 2. The number of carbonyl (C=O) groups excluding carboxylic acids is 3. The third-order valence-electron chi connectivity index (χ3n) is 3.77. The minimum absolute atomic E-state index is 0.174. The zero-order valence-corrected chi connectivity index (χ0v) is 14.6. The van der Waals surface area contributed by atoms with E-state index < -0.39 is 17.8 Å². The molecule has 1 aliphatic rings. The van der Waals surface area contributed by atoms with Crippen molar-refractivity contribution in [3.8, 4) is 0 Å². The van der Waals surface area contributed by atoms with Gasteiger partial charge in [0.25, 0.3) is 11.8 Å². The van der Waals surface area contributed by atoms with Gasteiger partial charge in [0, 0.05) is 5.39 Å². The summed E-state index contributed by atoms with van der Waals surface area (Å²) >= 11 is 13.3. The van der Waals surface area contributed by atoms with E-state index in [1.165, 1.54) is 18.2 Å². The summed E-state index contributed by atoms with van der Waals surface area (Å²) in [5, 5.41) is 1.42. The number of thiophene rings is 1. The van der Waals surface area contributed by atoms with Gasteiger partial charge in [0.1, 0.15) is 4.34 Å². The molecule has 0 spiro atoms. The smallest absolute Gasteiger partial charge is 0.324 e. The van der Waals surface area contributed by atoms with E-state index in [0.29, 0.717) is 24.5 Å². The van der Waals surface area contributed by atoms with Crippen molar-refractivity contribution in [1.29, 1.82) is 0 Å². The minimum Gasteiger partial charge on any atom is -0.324 e. The Hall–Kier alpha value is -2.41. The Balaban J connectivity index is 1.69. The van der Waals surface area contributed by atoms with Crippen LogP contribution in [0.1, 0.15) is 31.1 Å². The molecule has 0 N–H and O–H groups in total. The molecule has 1 aromatic heterocycles. The van der Waals surface area contributed by atoms with Crippen LogP contribution in [0.25, 0.3) is 10.1 Å². The van der Waals surface area contributed by atoms with Gasteiger partial charge in [0.2, 0.25) is 0 Å². The summed E-state index contributed by atoms with van der Waals surface area (Å²) in [6.07, 6.45) is 0. The van der Waals surface area contributed by atoms with Crippen LogP contribution in [0.4, 0.5) is 0 Å². The second kappa shape index (κ2) is 5.84. The highest BCUT2D eigenvalue weighted by Gasteiger charge is 2.39. The average molecular weight is 392 g/mol. The zero-order chi connectivity index (χ0) is 17.7. The summed E-state index contributed by atoms with van der Waals surface area (Å²) in [5.41, 5.74) is 0.564. The number of halogens is 2. The van der Waals surface area contributed by atoms with Crippen LogP contribution in [-0.2, 0) is 4.84 Å². The van der Waals surface area contributed by atoms with Gasteiger partial charge in [-0.25, -0.2) is 4.79 Å². The normalized spacial score (nSPS) is 13.4. The van der Waals surface area contributed by atoms with Crippen LogP contribution in [0.3, 0.4) is 0 Å². The Bertz CT molecular complexity index is 1040. The number of carbonyl (C=O) groups is 3. The lowest BCUT2D eigenvalue weighted by Crippen LogP contribution is -2.32. The standard InChI is InChI=1S/C17H7Cl2NO4S/c18-12-10-6-3-7-11(13(10)25-14(12)19)17(23)24-20-15(21)8-4-1-2-5-9(8)16(20)22/h1-7H. The van der Waals surface area contributed by atoms with Crippen LogP contribution in [0.15, 0.2) is 42.5 Å². The van der Waals surface area contributed by atoms with Gasteiger partial charge in [0.15, 0.2) is 0 Å². The molecule has 0 unspecified atom stereocenters. The van der Waals surface area contributed by atoms with E-state index in [1.807, 2.05) is 0 Å². The van der Waals surface area contributed by atoms with Gasteiger partial charge in [-0.3, -0.25) is 9.59 Å². The summed E-state index contributed by atoms with van der Waals surface area (Å²) in [6.45, 7) is 0. The molecule has 124 valence electrons. The minimum atomic E-state index is -0.838. The highest BCUT2D eigenvalue weighted by atomic mass is 35.5. The summed E-state index contributed by atoms with van der Waals surface area (Å²) in [5.74, 6) is -2.19. The first-order valence-electron chi connectivity index (χ1n) is 7.05. The predicted octanol–water partition coefficient (Wildman–Crippen LogP) is 4.58. The van der Waals surface area contributed by atoms with E-state index in [9.17, 15) is 14.4 Å². The van der Waals surface area contributed by atoms with E-state index >= 15 is 0 Å². The molecule has 2 amide bonds. The van der Waals surface area contributed by atoms with Crippen molar-refractivity contribution >= 4 is 62.4 Å². The van der Waals surface area contributed by atoms with E-state index in [4.69, 9.17) is 28.0 Å². The van der Waals surface area contributed by atoms with E-state index in [1.54, 1.807) is 24.3 Å². The molecule has 0 fully saturated rings. The third-order valence-corrected chi connectivity index (χ3v) is 5.82. The molecule has 0 aliphatic carbocycles. The Morgan fingerprint density at radius 3 is 2.24 bits per heavy atom. The van der Waals surface area contributed by atoms with Crippen LogP contribution < -0.4 is 0 Å². The van der Waals surface area contributed by atoms with Crippen molar-refractivity contribution in [2.75, 3.05) is 0 Å². The van der Waals surface area contributed by atoms with Gasteiger partial charge < -0.3 is 4.84 Å². The first-order valence-corrected chi connectivity index (χ1v) is 8.63. The number of hydrogen-bond donors (Lipinski definition) is 0. The number of fused-ring (bicyclic) bond motifs is 2. The highest BCUT2D eigenvalue weighted by molar-refractivity contribution is 7.23. The highest BCUT2D eigenvalue weighted by Crippen LogP contribution is 2.40. The maximum atomic E-state index is 12.5. The van der Waals surface area contributed by atoms with Gasteiger partial charge in [-0.2, -0.15) is 0 Å². The monoisotopic (exact) mass is 391 g/mol. The van der Waals surface area contributed by atoms with Crippen molar-refractivity contribution in [3.63, 3.8) is 0 Å². The van der Waals surface area contributed by atoms with Gasteiger partial charge in [-0.05, 0) is 18.2 Å². The molecule has 1 aliphatic heterocycles. The number of rotatable bonds is 2. The first-order chi connectivity index (χ1) is 12.0. The molecule has 25 heavy (non-hydrogen) atoms. The maximum absolute atomic E-state index is 12.5. The molecule has 8 heteroatoms. The van der Waals surface area contributed by atoms with Crippen molar-refractivity contribution in [3.05, 3.63) is 68.5 Å². The fourth-order valence-electron chi connectivity index (χ4n) is 2.60. The molecule has 4 rings (SSSR count). The van der Waals surface area contributed by atoms with Crippen LogP contribution in [-0.4, -0.2) is 22.8 Å². The largest absolute Gasteiger partial charge is 0.365 e. The van der Waals surface area contributed by atoms with Gasteiger partial charge >= 0.3 is 5.97 Å². The lowest BCUT2D eigenvalue weighted by molar-refractivity contribution is -0.0583. The summed E-state index contributed by atoms with van der Waals surface area (Å²) in [6, 6.07) is 11.1. The molecule has 0 saturated heterocycles. The molecule has 3 aromatic rings. The van der Waals surface area contributed by atoms with Crippen LogP contribution >= 0.6 is 34.5 Å². The molecular weight excluding hydrogens is 385 g/mol. The van der Waals surface area contributed by atoms with Crippen molar-refractivity contribution in [2.24, 2.45) is 0 Å². The quantitative estimate of drug-likeness (QED) is 0.599. The number of benzene rings is 2. The molecular formula is C17H7Cl2NO4S. The number of nitrogens with zero attached hydrogens (tertiary/aromatic N) is 1. The molecule has 5 nitrogen and oxygen atoms in total. The number of hydrogen-bond acceptors (Lipinski definition) is 5. The van der Waals surface area contributed by atoms with Crippen molar-refractivity contribution in [1.82, 2.24) is 5.06 Å². The average Bonchev–Trinajstić information content (AvgIpc) is 3.04.